The van der Waals surface area contributed by atoms with Crippen LogP contribution >= 0.6 is 0 Å². The SMILES string of the molecule is O=c1ncc2cccnc2n1F. The molecular weight excluding hydrogens is 161 g/mol. The zero-order chi connectivity index (χ0) is 8.55. The van der Waals surface area contributed by atoms with Crippen molar-refractivity contribution in [3.05, 3.63) is 35.0 Å². The van der Waals surface area contributed by atoms with Gasteiger partial charge in [0.25, 0.3) is 0 Å². The second kappa shape index (κ2) is 2.37. The van der Waals surface area contributed by atoms with E-state index in [0.717, 1.165) is 0 Å². The highest BCUT2D eigenvalue weighted by Gasteiger charge is 2.01. The van der Waals surface area contributed by atoms with Crippen LogP contribution in [-0.4, -0.2) is 14.8 Å². The Morgan fingerprint density at radius 2 is 2.25 bits per heavy atom. The van der Waals surface area contributed by atoms with E-state index < -0.39 is 5.69 Å². The molecule has 2 rings (SSSR count). The normalized spacial score (nSPS) is 10.4. The van der Waals surface area contributed by atoms with Crippen LogP contribution < -0.4 is 5.69 Å². The average Bonchev–Trinajstić information content (AvgIpc) is 2.12. The summed E-state index contributed by atoms with van der Waals surface area (Å²) in [7, 11) is 0. The fourth-order valence-electron chi connectivity index (χ4n) is 0.940. The second-order valence-corrected chi connectivity index (χ2v) is 2.24. The van der Waals surface area contributed by atoms with E-state index in [1.165, 1.54) is 12.4 Å². The van der Waals surface area contributed by atoms with Crippen molar-refractivity contribution in [3.8, 4) is 0 Å². The lowest BCUT2D eigenvalue weighted by atomic mass is 10.3. The Hall–Kier alpha value is -1.78. The molecule has 0 aromatic carbocycles. The van der Waals surface area contributed by atoms with E-state index in [2.05, 4.69) is 9.97 Å². The number of fused-ring (bicyclic) bond motifs is 1. The fourth-order valence-corrected chi connectivity index (χ4v) is 0.940. The number of hydrogen-bond donors (Lipinski definition) is 0. The summed E-state index contributed by atoms with van der Waals surface area (Å²) < 4.78 is 12.9. The molecule has 5 heteroatoms. The zero-order valence-corrected chi connectivity index (χ0v) is 5.94. The first-order valence-electron chi connectivity index (χ1n) is 3.28. The van der Waals surface area contributed by atoms with Crippen LogP contribution in [0.25, 0.3) is 11.0 Å². The van der Waals surface area contributed by atoms with Gasteiger partial charge in [0.05, 0.1) is 0 Å². The van der Waals surface area contributed by atoms with Crippen LogP contribution in [0.5, 0.6) is 0 Å². The van der Waals surface area contributed by atoms with Crippen LogP contribution in [0.1, 0.15) is 0 Å². The Kier molecular flexibility index (Phi) is 1.36. The van der Waals surface area contributed by atoms with Gasteiger partial charge in [0, 0.05) is 17.8 Å². The van der Waals surface area contributed by atoms with Crippen molar-refractivity contribution in [2.24, 2.45) is 0 Å². The lowest BCUT2D eigenvalue weighted by Gasteiger charge is -1.95. The van der Waals surface area contributed by atoms with Gasteiger partial charge in [0.1, 0.15) is 0 Å². The monoisotopic (exact) mass is 165 g/mol. The van der Waals surface area contributed by atoms with Gasteiger partial charge < -0.3 is 0 Å². The maximum Gasteiger partial charge on any atom is 0.377 e. The molecule has 0 saturated carbocycles. The third kappa shape index (κ3) is 0.868. The van der Waals surface area contributed by atoms with E-state index in [1.54, 1.807) is 12.1 Å². The number of nitrogens with zero attached hydrogens (tertiary/aromatic N) is 3. The summed E-state index contributed by atoms with van der Waals surface area (Å²) in [6.45, 7) is 0. The molecule has 60 valence electrons. The second-order valence-electron chi connectivity index (χ2n) is 2.24. The first-order chi connectivity index (χ1) is 5.79. The highest BCUT2D eigenvalue weighted by molar-refractivity contribution is 5.72. The Bertz CT molecular complexity index is 479. The molecule has 4 nitrogen and oxygen atoms in total. The van der Waals surface area contributed by atoms with Crippen LogP contribution in [0.15, 0.2) is 29.3 Å². The van der Waals surface area contributed by atoms with Gasteiger partial charge in [-0.2, -0.15) is 4.98 Å². The summed E-state index contributed by atoms with van der Waals surface area (Å²) in [5.74, 6) is 0. The standard InChI is InChI=1S/C7H4FN3O/c8-11-6-5(2-1-3-9-6)4-10-7(11)12/h1-4H. The average molecular weight is 165 g/mol. The molecule has 0 aliphatic heterocycles. The largest absolute Gasteiger partial charge is 0.377 e. The summed E-state index contributed by atoms with van der Waals surface area (Å²) in [5.41, 5.74) is -0.946. The van der Waals surface area contributed by atoms with Crippen molar-refractivity contribution in [1.82, 2.24) is 14.8 Å². The Morgan fingerprint density at radius 1 is 1.42 bits per heavy atom. The molecular formula is C7H4FN3O. The number of rotatable bonds is 0. The third-order valence-corrected chi connectivity index (χ3v) is 1.48. The van der Waals surface area contributed by atoms with Gasteiger partial charge in [-0.15, -0.1) is 4.79 Å². The van der Waals surface area contributed by atoms with E-state index in [4.69, 9.17) is 0 Å². The fraction of sp³-hybridized carbons (Fsp3) is 0. The summed E-state index contributed by atoms with van der Waals surface area (Å²) >= 11 is 0. The summed E-state index contributed by atoms with van der Waals surface area (Å²) in [6, 6.07) is 3.28. The van der Waals surface area contributed by atoms with Gasteiger partial charge in [0.15, 0.2) is 5.65 Å². The topological polar surface area (TPSA) is 47.8 Å². The number of hydrogen-bond acceptors (Lipinski definition) is 3. The molecule has 0 aliphatic rings. The quantitative estimate of drug-likeness (QED) is 0.571. The van der Waals surface area contributed by atoms with Crippen molar-refractivity contribution in [2.45, 2.75) is 0 Å². The third-order valence-electron chi connectivity index (χ3n) is 1.48. The molecule has 0 bridgehead atoms. The predicted molar refractivity (Wildman–Crippen MR) is 40.3 cm³/mol. The highest BCUT2D eigenvalue weighted by Crippen LogP contribution is 2.05. The van der Waals surface area contributed by atoms with Gasteiger partial charge in [-0.3, -0.25) is 0 Å². The first kappa shape index (κ1) is 6.90. The zero-order valence-electron chi connectivity index (χ0n) is 5.94. The molecule has 0 radical (unpaired) electrons. The molecule has 2 heterocycles. The minimum Gasteiger partial charge on any atom is -0.243 e. The highest BCUT2D eigenvalue weighted by atomic mass is 19.2. The number of pyridine rings is 1. The smallest absolute Gasteiger partial charge is 0.243 e. The lowest BCUT2D eigenvalue weighted by Crippen LogP contribution is -2.17. The number of aromatic nitrogens is 3. The van der Waals surface area contributed by atoms with Gasteiger partial charge in [-0.05, 0) is 12.1 Å². The van der Waals surface area contributed by atoms with Crippen LogP contribution in [-0.2, 0) is 0 Å². The maximum atomic E-state index is 12.9. The van der Waals surface area contributed by atoms with E-state index >= 15 is 0 Å². The molecule has 2 aromatic heterocycles. The first-order valence-corrected chi connectivity index (χ1v) is 3.28. The van der Waals surface area contributed by atoms with E-state index in [9.17, 15) is 9.28 Å². The molecule has 0 amide bonds. The molecule has 0 saturated heterocycles. The van der Waals surface area contributed by atoms with Crippen LogP contribution in [0.4, 0.5) is 4.48 Å². The molecule has 2 aromatic rings. The Morgan fingerprint density at radius 3 is 3.08 bits per heavy atom. The van der Waals surface area contributed by atoms with Crippen molar-refractivity contribution < 1.29 is 4.48 Å². The van der Waals surface area contributed by atoms with Gasteiger partial charge in [-0.25, -0.2) is 9.78 Å². The minimum atomic E-state index is -0.943. The Labute approximate surface area is 66.2 Å². The van der Waals surface area contributed by atoms with Crippen molar-refractivity contribution in [3.63, 3.8) is 0 Å². The van der Waals surface area contributed by atoms with Crippen molar-refractivity contribution >= 4 is 11.0 Å². The van der Waals surface area contributed by atoms with Crippen molar-refractivity contribution in [2.75, 3.05) is 0 Å². The maximum absolute atomic E-state index is 12.9. The minimum absolute atomic E-state index is 0.00231. The van der Waals surface area contributed by atoms with E-state index in [-0.39, 0.29) is 10.4 Å². The van der Waals surface area contributed by atoms with Crippen LogP contribution in [0.2, 0.25) is 0 Å². The van der Waals surface area contributed by atoms with Crippen LogP contribution in [0, 0.1) is 0 Å². The van der Waals surface area contributed by atoms with Gasteiger partial charge >= 0.3 is 5.69 Å². The summed E-state index contributed by atoms with van der Waals surface area (Å²) in [5, 5.41) is 0.500. The van der Waals surface area contributed by atoms with Gasteiger partial charge in [0.2, 0.25) is 0 Å². The number of halogens is 1. The molecule has 0 fully saturated rings. The van der Waals surface area contributed by atoms with Crippen LogP contribution in [0.3, 0.4) is 0 Å². The molecule has 0 aliphatic carbocycles. The summed E-state index contributed by atoms with van der Waals surface area (Å²) in [4.78, 5) is 17.6. The molecule has 0 N–H and O–H groups in total. The molecule has 0 atom stereocenters. The lowest BCUT2D eigenvalue weighted by molar-refractivity contribution is 0.359. The summed E-state index contributed by atoms with van der Waals surface area (Å²) in [6.07, 6.45) is 2.71. The molecule has 0 unspecified atom stereocenters. The molecule has 12 heavy (non-hydrogen) atoms. The van der Waals surface area contributed by atoms with Crippen molar-refractivity contribution in [1.29, 1.82) is 0 Å². The Balaban J connectivity index is 3.01. The van der Waals surface area contributed by atoms with E-state index in [1.807, 2.05) is 0 Å². The van der Waals surface area contributed by atoms with E-state index in [0.29, 0.717) is 5.39 Å². The van der Waals surface area contributed by atoms with Gasteiger partial charge in [-0.1, -0.05) is 4.48 Å². The molecule has 0 spiro atoms. The predicted octanol–water partition coefficient (Wildman–Crippen LogP) is 0.524.